The quantitative estimate of drug-likeness (QED) is 0.553. The zero-order chi connectivity index (χ0) is 6.41. The summed E-state index contributed by atoms with van der Waals surface area (Å²) in [5.74, 6) is 1.41. The van der Waals surface area contributed by atoms with Crippen LogP contribution in [0.4, 0.5) is 0 Å². The van der Waals surface area contributed by atoms with Crippen molar-refractivity contribution in [3.63, 3.8) is 0 Å². The zero-order valence-electron chi connectivity index (χ0n) is 5.48. The summed E-state index contributed by atoms with van der Waals surface area (Å²) in [7, 11) is 0. The van der Waals surface area contributed by atoms with E-state index in [0.29, 0.717) is 0 Å². The molecule has 0 rings (SSSR count). The second-order valence-electron chi connectivity index (χ2n) is 2.03. The van der Waals surface area contributed by atoms with Crippen LogP contribution in [0, 0.1) is 5.92 Å². The van der Waals surface area contributed by atoms with Crippen LogP contribution in [-0.2, 0) is 0 Å². The van der Waals surface area contributed by atoms with Gasteiger partial charge in [-0.2, -0.15) is 0 Å². The highest BCUT2D eigenvalue weighted by atomic mass is 14.5. The van der Waals surface area contributed by atoms with Gasteiger partial charge in [-0.05, 0) is 31.8 Å². The fourth-order valence-corrected chi connectivity index (χ4v) is 0.618. The predicted molar refractivity (Wildman–Crippen MR) is 36.3 cm³/mol. The van der Waals surface area contributed by atoms with Crippen LogP contribution in [0.1, 0.15) is 19.8 Å². The fraction of sp³-hybridized carbons (Fsp3) is 0.833. The minimum atomic E-state index is 0.756. The van der Waals surface area contributed by atoms with Gasteiger partial charge < -0.3 is 11.5 Å². The summed E-state index contributed by atoms with van der Waals surface area (Å²) in [6.45, 7) is 3.61. The maximum absolute atomic E-state index is 5.30. The van der Waals surface area contributed by atoms with Gasteiger partial charge in [0.2, 0.25) is 0 Å². The van der Waals surface area contributed by atoms with Gasteiger partial charge in [0.25, 0.3) is 0 Å². The van der Waals surface area contributed by atoms with Crippen molar-refractivity contribution in [2.45, 2.75) is 19.8 Å². The molecule has 0 heterocycles. The highest BCUT2D eigenvalue weighted by Crippen LogP contribution is 2.05. The van der Waals surface area contributed by atoms with E-state index in [2.05, 4.69) is 6.92 Å². The van der Waals surface area contributed by atoms with Crippen LogP contribution in [-0.4, -0.2) is 13.1 Å². The van der Waals surface area contributed by atoms with Crippen molar-refractivity contribution in [3.8, 4) is 0 Å². The first-order valence-corrected chi connectivity index (χ1v) is 3.02. The molecule has 0 saturated heterocycles. The highest BCUT2D eigenvalue weighted by Gasteiger charge is 1.96. The average Bonchev–Trinajstić information content (AvgIpc) is 1.68. The van der Waals surface area contributed by atoms with E-state index in [1.807, 2.05) is 0 Å². The van der Waals surface area contributed by atoms with E-state index in [4.69, 9.17) is 11.5 Å². The molecule has 0 unspecified atom stereocenters. The van der Waals surface area contributed by atoms with E-state index < -0.39 is 0 Å². The Balaban J connectivity index is 2.92. The Hall–Kier alpha value is -0.0800. The first kappa shape index (κ1) is 7.92. The maximum Gasteiger partial charge on any atom is -0.00719 e. The third kappa shape index (κ3) is 4.09. The second-order valence-corrected chi connectivity index (χ2v) is 2.03. The Morgan fingerprint density at radius 3 is 1.75 bits per heavy atom. The molecular formula is C6H15N2. The molecular weight excluding hydrogens is 100 g/mol. The van der Waals surface area contributed by atoms with Crippen LogP contribution in [0.3, 0.4) is 0 Å². The number of hydrogen-bond acceptors (Lipinski definition) is 2. The van der Waals surface area contributed by atoms with E-state index in [1.54, 1.807) is 0 Å². The maximum atomic E-state index is 5.30. The lowest BCUT2D eigenvalue weighted by molar-refractivity contribution is 0.738. The van der Waals surface area contributed by atoms with Crippen molar-refractivity contribution in [2.75, 3.05) is 13.1 Å². The molecule has 1 radical (unpaired) electrons. The Kier molecular flexibility index (Phi) is 5.01. The number of rotatable bonds is 4. The summed E-state index contributed by atoms with van der Waals surface area (Å²) in [4.78, 5) is 0. The third-order valence-corrected chi connectivity index (χ3v) is 1.14. The molecule has 0 atom stereocenters. The van der Waals surface area contributed by atoms with Gasteiger partial charge in [0, 0.05) is 0 Å². The standard InChI is InChI=1S/C6H15N2/c1-6(2-4-7)3-5-8/h2-5,7-8H2,1H3. The SMILES string of the molecule is C[C](CCN)CCN. The van der Waals surface area contributed by atoms with Crippen LogP contribution in [0.15, 0.2) is 0 Å². The molecule has 0 saturated carbocycles. The van der Waals surface area contributed by atoms with Crippen LogP contribution < -0.4 is 11.5 Å². The smallest absolute Gasteiger partial charge is 0.00719 e. The predicted octanol–water partition coefficient (Wildman–Crippen LogP) is 0.278. The molecule has 0 aromatic heterocycles. The molecule has 4 N–H and O–H groups in total. The molecule has 0 aliphatic heterocycles. The summed E-state index contributed by atoms with van der Waals surface area (Å²) < 4.78 is 0. The van der Waals surface area contributed by atoms with Gasteiger partial charge in [-0.15, -0.1) is 0 Å². The highest BCUT2D eigenvalue weighted by molar-refractivity contribution is 4.83. The first-order chi connectivity index (χ1) is 3.81. The Bertz CT molecular complexity index is 39.8. The minimum Gasteiger partial charge on any atom is -0.330 e. The minimum absolute atomic E-state index is 0.756. The zero-order valence-corrected chi connectivity index (χ0v) is 5.48. The monoisotopic (exact) mass is 115 g/mol. The van der Waals surface area contributed by atoms with Gasteiger partial charge >= 0.3 is 0 Å². The topological polar surface area (TPSA) is 52.0 Å². The number of nitrogens with two attached hydrogens (primary N) is 2. The Morgan fingerprint density at radius 2 is 1.50 bits per heavy atom. The van der Waals surface area contributed by atoms with E-state index in [-0.39, 0.29) is 0 Å². The molecule has 0 aliphatic carbocycles. The van der Waals surface area contributed by atoms with Gasteiger partial charge in [0.15, 0.2) is 0 Å². The number of hydrogen-bond donors (Lipinski definition) is 2. The van der Waals surface area contributed by atoms with Crippen molar-refractivity contribution in [2.24, 2.45) is 11.5 Å². The van der Waals surface area contributed by atoms with Crippen molar-refractivity contribution in [1.29, 1.82) is 0 Å². The summed E-state index contributed by atoms with van der Waals surface area (Å²) in [5, 5.41) is 0. The van der Waals surface area contributed by atoms with E-state index in [1.165, 1.54) is 5.92 Å². The summed E-state index contributed by atoms with van der Waals surface area (Å²) in [6, 6.07) is 0. The van der Waals surface area contributed by atoms with Crippen LogP contribution in [0.5, 0.6) is 0 Å². The van der Waals surface area contributed by atoms with E-state index in [9.17, 15) is 0 Å². The van der Waals surface area contributed by atoms with Gasteiger partial charge in [-0.3, -0.25) is 0 Å². The Morgan fingerprint density at radius 1 is 1.12 bits per heavy atom. The van der Waals surface area contributed by atoms with Gasteiger partial charge in [-0.25, -0.2) is 0 Å². The van der Waals surface area contributed by atoms with Crippen molar-refractivity contribution in [1.82, 2.24) is 0 Å². The lowest BCUT2D eigenvalue weighted by Gasteiger charge is -2.04. The molecule has 8 heavy (non-hydrogen) atoms. The van der Waals surface area contributed by atoms with Crippen molar-refractivity contribution in [3.05, 3.63) is 5.92 Å². The molecule has 0 amide bonds. The van der Waals surface area contributed by atoms with Gasteiger partial charge in [-0.1, -0.05) is 6.92 Å². The molecule has 2 nitrogen and oxygen atoms in total. The average molecular weight is 115 g/mol. The van der Waals surface area contributed by atoms with E-state index in [0.717, 1.165) is 25.9 Å². The second kappa shape index (κ2) is 5.06. The van der Waals surface area contributed by atoms with Crippen LogP contribution in [0.25, 0.3) is 0 Å². The lowest BCUT2D eigenvalue weighted by atomic mass is 10.0. The summed E-state index contributed by atoms with van der Waals surface area (Å²) >= 11 is 0. The normalized spacial score (nSPS) is 10.5. The summed E-state index contributed by atoms with van der Waals surface area (Å²) in [5.41, 5.74) is 10.6. The third-order valence-electron chi connectivity index (χ3n) is 1.14. The molecule has 0 aromatic rings. The first-order valence-electron chi connectivity index (χ1n) is 3.02. The molecule has 0 spiro atoms. The van der Waals surface area contributed by atoms with Crippen molar-refractivity contribution < 1.29 is 0 Å². The molecule has 0 aromatic carbocycles. The van der Waals surface area contributed by atoms with E-state index >= 15 is 0 Å². The summed E-state index contributed by atoms with van der Waals surface area (Å²) in [6.07, 6.45) is 2.05. The lowest BCUT2D eigenvalue weighted by Crippen LogP contribution is -2.08. The molecule has 0 fully saturated rings. The largest absolute Gasteiger partial charge is 0.330 e. The van der Waals surface area contributed by atoms with Crippen molar-refractivity contribution >= 4 is 0 Å². The van der Waals surface area contributed by atoms with Gasteiger partial charge in [0.05, 0.1) is 0 Å². The molecule has 0 bridgehead atoms. The van der Waals surface area contributed by atoms with Crippen LogP contribution in [0.2, 0.25) is 0 Å². The Labute approximate surface area is 51.2 Å². The molecule has 0 aliphatic rings. The fourth-order valence-electron chi connectivity index (χ4n) is 0.618. The molecule has 49 valence electrons. The van der Waals surface area contributed by atoms with Gasteiger partial charge in [0.1, 0.15) is 0 Å². The van der Waals surface area contributed by atoms with Crippen LogP contribution >= 0.6 is 0 Å². The molecule has 2 heteroatoms.